The minimum absolute atomic E-state index is 0.00925. The van der Waals surface area contributed by atoms with Crippen LogP contribution in [0, 0.1) is 0 Å². The van der Waals surface area contributed by atoms with Gasteiger partial charge in [0.05, 0.1) is 21.9 Å². The molecule has 0 bridgehead atoms. The number of benzene rings is 1. The molecule has 22 heavy (non-hydrogen) atoms. The summed E-state index contributed by atoms with van der Waals surface area (Å²) in [7, 11) is 0. The molecule has 3 rings (SSSR count). The zero-order chi connectivity index (χ0) is 15.9. The summed E-state index contributed by atoms with van der Waals surface area (Å²) in [6.45, 7) is 4.14. The lowest BCUT2D eigenvalue weighted by atomic mass is 10.1. The average Bonchev–Trinajstić information content (AvgIpc) is 2.97. The van der Waals surface area contributed by atoms with Crippen molar-refractivity contribution in [3.05, 3.63) is 45.9 Å². The monoisotopic (exact) mass is 338 g/mol. The molecule has 0 N–H and O–H groups in total. The highest BCUT2D eigenvalue weighted by atomic mass is 35.5. The SMILES string of the molecule is CC(C)c1csc(-c2ccc3ccc(C(F)F)c(Cl)c3n2)n1. The van der Waals surface area contributed by atoms with Crippen molar-refractivity contribution in [2.75, 3.05) is 0 Å². The maximum Gasteiger partial charge on any atom is 0.265 e. The van der Waals surface area contributed by atoms with Crippen LogP contribution < -0.4 is 0 Å². The highest BCUT2D eigenvalue weighted by Crippen LogP contribution is 2.34. The Hall–Kier alpha value is -1.59. The van der Waals surface area contributed by atoms with E-state index in [1.807, 2.05) is 17.5 Å². The third-order valence-corrected chi connectivity index (χ3v) is 4.68. The van der Waals surface area contributed by atoms with Gasteiger partial charge in [-0.1, -0.05) is 43.6 Å². The fourth-order valence-corrected chi connectivity index (χ4v) is 3.37. The first kappa shape index (κ1) is 15.3. The van der Waals surface area contributed by atoms with Crippen molar-refractivity contribution < 1.29 is 8.78 Å². The van der Waals surface area contributed by atoms with Crippen LogP contribution in [0.3, 0.4) is 0 Å². The molecule has 0 fully saturated rings. The van der Waals surface area contributed by atoms with Crippen molar-refractivity contribution in [2.24, 2.45) is 0 Å². The summed E-state index contributed by atoms with van der Waals surface area (Å²) in [5, 5.41) is 3.50. The van der Waals surface area contributed by atoms with E-state index in [4.69, 9.17) is 11.6 Å². The highest BCUT2D eigenvalue weighted by Gasteiger charge is 2.16. The molecular formula is C16H13ClF2N2S. The Morgan fingerprint density at radius 3 is 2.45 bits per heavy atom. The molecule has 2 nitrogen and oxygen atoms in total. The second-order valence-corrected chi connectivity index (χ2v) is 6.51. The minimum Gasteiger partial charge on any atom is -0.244 e. The number of alkyl halides is 2. The summed E-state index contributed by atoms with van der Waals surface area (Å²) in [4.78, 5) is 8.98. The Morgan fingerprint density at radius 2 is 1.82 bits per heavy atom. The molecule has 0 amide bonds. The average molecular weight is 339 g/mol. The van der Waals surface area contributed by atoms with Gasteiger partial charge in [0.1, 0.15) is 5.01 Å². The summed E-state index contributed by atoms with van der Waals surface area (Å²) in [6, 6.07) is 6.62. The second kappa shape index (κ2) is 5.89. The number of fused-ring (bicyclic) bond motifs is 1. The number of rotatable bonds is 3. The third kappa shape index (κ3) is 2.71. The van der Waals surface area contributed by atoms with Gasteiger partial charge in [0.2, 0.25) is 0 Å². The van der Waals surface area contributed by atoms with Crippen molar-refractivity contribution in [2.45, 2.75) is 26.2 Å². The summed E-state index contributed by atoms with van der Waals surface area (Å²) >= 11 is 7.58. The molecule has 0 saturated heterocycles. The molecular weight excluding hydrogens is 326 g/mol. The smallest absolute Gasteiger partial charge is 0.244 e. The van der Waals surface area contributed by atoms with Crippen molar-refractivity contribution in [3.63, 3.8) is 0 Å². The summed E-state index contributed by atoms with van der Waals surface area (Å²) in [5.74, 6) is 0.333. The summed E-state index contributed by atoms with van der Waals surface area (Å²) in [6.07, 6.45) is -2.62. The van der Waals surface area contributed by atoms with Crippen LogP contribution in [0.5, 0.6) is 0 Å². The highest BCUT2D eigenvalue weighted by molar-refractivity contribution is 7.13. The van der Waals surface area contributed by atoms with Gasteiger partial charge in [0.15, 0.2) is 0 Å². The minimum atomic E-state index is -2.62. The Labute approximate surface area is 135 Å². The summed E-state index contributed by atoms with van der Waals surface area (Å²) < 4.78 is 25.9. The fraction of sp³-hybridized carbons (Fsp3) is 0.250. The van der Waals surface area contributed by atoms with E-state index in [1.54, 1.807) is 6.07 Å². The lowest BCUT2D eigenvalue weighted by Gasteiger charge is -2.07. The van der Waals surface area contributed by atoms with Gasteiger partial charge in [0, 0.05) is 16.3 Å². The molecule has 0 radical (unpaired) electrons. The summed E-state index contributed by atoms with van der Waals surface area (Å²) in [5.41, 5.74) is 1.84. The number of pyridine rings is 1. The number of thiazole rings is 1. The third-order valence-electron chi connectivity index (χ3n) is 3.40. The van der Waals surface area contributed by atoms with Crippen molar-refractivity contribution in [1.29, 1.82) is 0 Å². The standard InChI is InChI=1S/C16H13ClF2N2S/c1-8(2)12-7-22-16(21-12)11-6-4-9-3-5-10(15(18)19)13(17)14(9)20-11/h3-8,15H,1-2H3. The van der Waals surface area contributed by atoms with E-state index in [2.05, 4.69) is 23.8 Å². The van der Waals surface area contributed by atoms with E-state index in [0.717, 1.165) is 16.1 Å². The van der Waals surface area contributed by atoms with Crippen molar-refractivity contribution in [3.8, 4) is 10.7 Å². The predicted octanol–water partition coefficient (Wildman–Crippen LogP) is 6.07. The molecule has 6 heteroatoms. The van der Waals surface area contributed by atoms with E-state index in [9.17, 15) is 8.78 Å². The largest absolute Gasteiger partial charge is 0.265 e. The van der Waals surface area contributed by atoms with Gasteiger partial charge in [-0.05, 0) is 12.0 Å². The zero-order valence-corrected chi connectivity index (χ0v) is 13.6. The van der Waals surface area contributed by atoms with Crippen LogP contribution >= 0.6 is 22.9 Å². The van der Waals surface area contributed by atoms with Gasteiger partial charge < -0.3 is 0 Å². The van der Waals surface area contributed by atoms with E-state index < -0.39 is 6.43 Å². The van der Waals surface area contributed by atoms with E-state index in [-0.39, 0.29) is 10.6 Å². The molecule has 0 spiro atoms. The Balaban J connectivity index is 2.13. The van der Waals surface area contributed by atoms with Crippen LogP contribution in [-0.4, -0.2) is 9.97 Å². The van der Waals surface area contributed by atoms with Gasteiger partial charge >= 0.3 is 0 Å². The fourth-order valence-electron chi connectivity index (χ4n) is 2.13. The van der Waals surface area contributed by atoms with E-state index in [1.165, 1.54) is 17.4 Å². The maximum atomic E-state index is 12.9. The van der Waals surface area contributed by atoms with Crippen LogP contribution in [0.25, 0.3) is 21.6 Å². The zero-order valence-electron chi connectivity index (χ0n) is 12.0. The number of hydrogen-bond donors (Lipinski definition) is 0. The molecule has 0 atom stereocenters. The Kier molecular flexibility index (Phi) is 4.10. The van der Waals surface area contributed by atoms with Crippen LogP contribution in [0.15, 0.2) is 29.6 Å². The topological polar surface area (TPSA) is 25.8 Å². The van der Waals surface area contributed by atoms with Crippen molar-refractivity contribution >= 4 is 33.8 Å². The number of hydrogen-bond acceptors (Lipinski definition) is 3. The van der Waals surface area contributed by atoms with Crippen LogP contribution in [0.2, 0.25) is 5.02 Å². The molecule has 114 valence electrons. The van der Waals surface area contributed by atoms with E-state index >= 15 is 0 Å². The maximum absolute atomic E-state index is 12.9. The van der Waals surface area contributed by atoms with E-state index in [0.29, 0.717) is 17.1 Å². The van der Waals surface area contributed by atoms with Crippen LogP contribution in [0.1, 0.15) is 37.4 Å². The van der Waals surface area contributed by atoms with Gasteiger partial charge in [-0.2, -0.15) is 0 Å². The van der Waals surface area contributed by atoms with Crippen molar-refractivity contribution in [1.82, 2.24) is 9.97 Å². The van der Waals surface area contributed by atoms with Gasteiger partial charge in [-0.15, -0.1) is 11.3 Å². The van der Waals surface area contributed by atoms with Crippen LogP contribution in [0.4, 0.5) is 8.78 Å². The molecule has 0 aliphatic rings. The first-order valence-corrected chi connectivity index (χ1v) is 8.06. The first-order chi connectivity index (χ1) is 10.5. The van der Waals surface area contributed by atoms with Crippen LogP contribution in [-0.2, 0) is 0 Å². The Bertz CT molecular complexity index is 830. The van der Waals surface area contributed by atoms with Gasteiger partial charge in [-0.25, -0.2) is 18.7 Å². The quantitative estimate of drug-likeness (QED) is 0.579. The van der Waals surface area contributed by atoms with Gasteiger partial charge in [0.25, 0.3) is 6.43 Å². The lowest BCUT2D eigenvalue weighted by Crippen LogP contribution is -1.92. The number of nitrogens with zero attached hydrogens (tertiary/aromatic N) is 2. The lowest BCUT2D eigenvalue weighted by molar-refractivity contribution is 0.151. The number of aromatic nitrogens is 2. The molecule has 3 aromatic rings. The second-order valence-electron chi connectivity index (χ2n) is 5.27. The molecule has 0 saturated carbocycles. The molecule has 1 aromatic carbocycles. The molecule has 0 unspecified atom stereocenters. The molecule has 0 aliphatic heterocycles. The number of halogens is 3. The molecule has 0 aliphatic carbocycles. The van der Waals surface area contributed by atoms with Gasteiger partial charge in [-0.3, -0.25) is 0 Å². The first-order valence-electron chi connectivity index (χ1n) is 6.80. The normalized spacial score (nSPS) is 11.8. The molecule has 2 aromatic heterocycles. The predicted molar refractivity (Wildman–Crippen MR) is 86.9 cm³/mol. The molecule has 2 heterocycles. The Morgan fingerprint density at radius 1 is 1.09 bits per heavy atom.